The van der Waals surface area contributed by atoms with Gasteiger partial charge in [0.25, 0.3) is 5.91 Å². The fraction of sp³-hybridized carbons (Fsp3) is 0.222. The Labute approximate surface area is 143 Å². The zero-order valence-corrected chi connectivity index (χ0v) is 13.4. The van der Waals surface area contributed by atoms with E-state index in [1.165, 1.54) is 23.1 Å². The summed E-state index contributed by atoms with van der Waals surface area (Å²) >= 11 is 0. The molecule has 3 aromatic rings. The minimum atomic E-state index is -0.276. The van der Waals surface area contributed by atoms with E-state index in [9.17, 15) is 9.18 Å². The molecule has 126 valence electrons. The van der Waals surface area contributed by atoms with Crippen molar-refractivity contribution < 1.29 is 9.18 Å². The van der Waals surface area contributed by atoms with Crippen LogP contribution in [0, 0.1) is 5.82 Å². The van der Waals surface area contributed by atoms with Crippen molar-refractivity contribution in [2.24, 2.45) is 0 Å². The monoisotopic (exact) mass is 337 g/mol. The lowest BCUT2D eigenvalue weighted by Gasteiger charge is -2.23. The van der Waals surface area contributed by atoms with Crippen LogP contribution in [0.25, 0.3) is 5.69 Å². The Balaban J connectivity index is 1.59. The standard InChI is InChI=1S/C18H16FN5O/c19-15-6-4-13(5-7-15)11-23(16-8-9-16)18(25)14-2-1-3-17(10-14)24-12-20-21-22-24/h1-7,10,12,16H,8-9,11H2. The highest BCUT2D eigenvalue weighted by Crippen LogP contribution is 2.30. The van der Waals surface area contributed by atoms with Crippen molar-refractivity contribution in [3.63, 3.8) is 0 Å². The van der Waals surface area contributed by atoms with Gasteiger partial charge in [0.1, 0.15) is 12.1 Å². The molecule has 1 aliphatic rings. The maximum atomic E-state index is 13.1. The molecule has 0 radical (unpaired) electrons. The molecule has 0 unspecified atom stereocenters. The summed E-state index contributed by atoms with van der Waals surface area (Å²) in [5.74, 6) is -0.316. The molecule has 1 heterocycles. The largest absolute Gasteiger partial charge is 0.331 e. The summed E-state index contributed by atoms with van der Waals surface area (Å²) in [6.45, 7) is 0.471. The van der Waals surface area contributed by atoms with Crippen LogP contribution in [0.2, 0.25) is 0 Å². The lowest BCUT2D eigenvalue weighted by Crippen LogP contribution is -2.32. The normalized spacial score (nSPS) is 13.6. The molecule has 1 aromatic heterocycles. The molecule has 0 bridgehead atoms. The molecule has 1 saturated carbocycles. The molecule has 0 spiro atoms. The van der Waals surface area contributed by atoms with Gasteiger partial charge in [0, 0.05) is 18.2 Å². The number of aromatic nitrogens is 4. The Morgan fingerprint density at radius 1 is 1.20 bits per heavy atom. The van der Waals surface area contributed by atoms with Gasteiger partial charge in [0.2, 0.25) is 0 Å². The van der Waals surface area contributed by atoms with E-state index in [0.29, 0.717) is 12.1 Å². The molecule has 1 amide bonds. The number of benzene rings is 2. The van der Waals surface area contributed by atoms with E-state index in [2.05, 4.69) is 15.5 Å². The predicted molar refractivity (Wildman–Crippen MR) is 88.4 cm³/mol. The molecule has 4 rings (SSSR count). The molecule has 0 saturated heterocycles. The zero-order chi connectivity index (χ0) is 17.2. The van der Waals surface area contributed by atoms with Crippen LogP contribution in [-0.2, 0) is 6.54 Å². The van der Waals surface area contributed by atoms with E-state index < -0.39 is 0 Å². The van der Waals surface area contributed by atoms with E-state index in [0.717, 1.165) is 24.1 Å². The molecule has 0 aliphatic heterocycles. The van der Waals surface area contributed by atoms with Crippen LogP contribution in [0.3, 0.4) is 0 Å². The van der Waals surface area contributed by atoms with Gasteiger partial charge in [0.15, 0.2) is 0 Å². The van der Waals surface area contributed by atoms with E-state index in [1.807, 2.05) is 17.0 Å². The second-order valence-electron chi connectivity index (χ2n) is 6.10. The number of hydrogen-bond donors (Lipinski definition) is 0. The molecule has 1 aliphatic carbocycles. The van der Waals surface area contributed by atoms with Gasteiger partial charge in [-0.1, -0.05) is 18.2 Å². The van der Waals surface area contributed by atoms with Gasteiger partial charge in [-0.2, -0.15) is 0 Å². The van der Waals surface area contributed by atoms with Crippen LogP contribution in [0.5, 0.6) is 0 Å². The van der Waals surface area contributed by atoms with Crippen molar-refractivity contribution in [1.29, 1.82) is 0 Å². The number of tetrazole rings is 1. The first kappa shape index (κ1) is 15.4. The first-order valence-corrected chi connectivity index (χ1v) is 8.09. The fourth-order valence-corrected chi connectivity index (χ4v) is 2.77. The SMILES string of the molecule is O=C(c1cccc(-n2cnnn2)c1)N(Cc1ccc(F)cc1)C1CC1. The van der Waals surface area contributed by atoms with Crippen LogP contribution < -0.4 is 0 Å². The van der Waals surface area contributed by atoms with Gasteiger partial charge < -0.3 is 4.90 Å². The average Bonchev–Trinajstić information content (AvgIpc) is 3.33. The third-order valence-electron chi connectivity index (χ3n) is 4.22. The maximum Gasteiger partial charge on any atom is 0.254 e. The number of amides is 1. The Hall–Kier alpha value is -3.09. The highest BCUT2D eigenvalue weighted by atomic mass is 19.1. The molecular weight excluding hydrogens is 321 g/mol. The summed E-state index contributed by atoms with van der Waals surface area (Å²) in [4.78, 5) is 14.9. The third-order valence-corrected chi connectivity index (χ3v) is 4.22. The number of hydrogen-bond acceptors (Lipinski definition) is 4. The van der Waals surface area contributed by atoms with E-state index in [1.54, 1.807) is 24.3 Å². The first-order chi connectivity index (χ1) is 12.2. The molecular formula is C18H16FN5O. The number of rotatable bonds is 5. The van der Waals surface area contributed by atoms with Crippen LogP contribution in [-0.4, -0.2) is 37.1 Å². The average molecular weight is 337 g/mol. The Kier molecular flexibility index (Phi) is 3.97. The van der Waals surface area contributed by atoms with Crippen molar-refractivity contribution in [1.82, 2.24) is 25.1 Å². The molecule has 25 heavy (non-hydrogen) atoms. The van der Waals surface area contributed by atoms with Crippen LogP contribution in [0.4, 0.5) is 4.39 Å². The molecule has 0 N–H and O–H groups in total. The zero-order valence-electron chi connectivity index (χ0n) is 13.4. The molecule has 0 atom stereocenters. The highest BCUT2D eigenvalue weighted by Gasteiger charge is 2.33. The first-order valence-electron chi connectivity index (χ1n) is 8.09. The van der Waals surface area contributed by atoms with Crippen molar-refractivity contribution >= 4 is 5.91 Å². The lowest BCUT2D eigenvalue weighted by atomic mass is 10.1. The van der Waals surface area contributed by atoms with Crippen LogP contribution >= 0.6 is 0 Å². The molecule has 1 fully saturated rings. The van der Waals surface area contributed by atoms with Gasteiger partial charge in [-0.05, 0) is 59.2 Å². The van der Waals surface area contributed by atoms with Crippen molar-refractivity contribution in [3.8, 4) is 5.69 Å². The number of nitrogens with zero attached hydrogens (tertiary/aromatic N) is 5. The quantitative estimate of drug-likeness (QED) is 0.718. The van der Waals surface area contributed by atoms with Crippen molar-refractivity contribution in [2.45, 2.75) is 25.4 Å². The van der Waals surface area contributed by atoms with E-state index in [-0.39, 0.29) is 17.8 Å². The van der Waals surface area contributed by atoms with Gasteiger partial charge in [0.05, 0.1) is 5.69 Å². The Bertz CT molecular complexity index is 875. The summed E-state index contributed by atoms with van der Waals surface area (Å²) in [5, 5.41) is 11.1. The maximum absolute atomic E-state index is 13.1. The summed E-state index contributed by atoms with van der Waals surface area (Å²) < 4.78 is 14.6. The number of halogens is 1. The summed E-state index contributed by atoms with van der Waals surface area (Å²) in [6, 6.07) is 13.7. The highest BCUT2D eigenvalue weighted by molar-refractivity contribution is 5.95. The minimum Gasteiger partial charge on any atom is -0.331 e. The van der Waals surface area contributed by atoms with Crippen LogP contribution in [0.15, 0.2) is 54.9 Å². The predicted octanol–water partition coefficient (Wildman–Crippen LogP) is 2.61. The summed E-state index contributed by atoms with van der Waals surface area (Å²) in [7, 11) is 0. The smallest absolute Gasteiger partial charge is 0.254 e. The summed E-state index contributed by atoms with van der Waals surface area (Å²) in [5.41, 5.74) is 2.23. The molecule has 7 heteroatoms. The van der Waals surface area contributed by atoms with Crippen LogP contribution in [0.1, 0.15) is 28.8 Å². The van der Waals surface area contributed by atoms with Gasteiger partial charge in [-0.25, -0.2) is 9.07 Å². The lowest BCUT2D eigenvalue weighted by molar-refractivity contribution is 0.0730. The number of carbonyl (C=O) groups is 1. The van der Waals surface area contributed by atoms with Gasteiger partial charge >= 0.3 is 0 Å². The fourth-order valence-electron chi connectivity index (χ4n) is 2.77. The summed E-state index contributed by atoms with van der Waals surface area (Å²) in [6.07, 6.45) is 3.49. The van der Waals surface area contributed by atoms with Gasteiger partial charge in [-0.15, -0.1) is 5.10 Å². The van der Waals surface area contributed by atoms with E-state index >= 15 is 0 Å². The molecule has 2 aromatic carbocycles. The topological polar surface area (TPSA) is 63.9 Å². The van der Waals surface area contributed by atoms with Gasteiger partial charge in [-0.3, -0.25) is 4.79 Å². The number of carbonyl (C=O) groups excluding carboxylic acids is 1. The second kappa shape index (κ2) is 6.43. The minimum absolute atomic E-state index is 0.0400. The van der Waals surface area contributed by atoms with Crippen molar-refractivity contribution in [3.05, 3.63) is 71.8 Å². The Morgan fingerprint density at radius 2 is 2.00 bits per heavy atom. The van der Waals surface area contributed by atoms with E-state index in [4.69, 9.17) is 0 Å². The molecule has 6 nitrogen and oxygen atoms in total. The second-order valence-corrected chi connectivity index (χ2v) is 6.10. The van der Waals surface area contributed by atoms with Crippen molar-refractivity contribution in [2.75, 3.05) is 0 Å². The Morgan fingerprint density at radius 3 is 2.68 bits per heavy atom. The third kappa shape index (κ3) is 3.40.